The first-order chi connectivity index (χ1) is 10.5. The number of carbonyl (C=O) groups excluding carboxylic acids is 1. The van der Waals surface area contributed by atoms with Gasteiger partial charge in [0.1, 0.15) is 0 Å². The fourth-order valence-electron chi connectivity index (χ4n) is 2.07. The van der Waals surface area contributed by atoms with E-state index in [-0.39, 0.29) is 5.56 Å². The molecule has 0 aliphatic rings. The van der Waals surface area contributed by atoms with Gasteiger partial charge >= 0.3 is 5.69 Å². The molecular weight excluding hydrogens is 284 g/mol. The standard InChI is InChI=1S/C16H14N2O4/c17-15(19)7-6-13-9-12(8-11-4-2-1-3-5-11)10-14(16(13)20)18(21)22/h1-7,9-10,20H,8H2,(H2,17,19)/b7-6-. The molecule has 0 radical (unpaired) electrons. The monoisotopic (exact) mass is 298 g/mol. The highest BCUT2D eigenvalue weighted by atomic mass is 16.6. The van der Waals surface area contributed by atoms with Crippen molar-refractivity contribution in [1.29, 1.82) is 0 Å². The Morgan fingerprint density at radius 2 is 1.91 bits per heavy atom. The van der Waals surface area contributed by atoms with E-state index in [1.54, 1.807) is 6.07 Å². The van der Waals surface area contributed by atoms with Gasteiger partial charge in [-0.2, -0.15) is 0 Å². The number of nitro groups is 1. The Hall–Kier alpha value is -3.15. The summed E-state index contributed by atoms with van der Waals surface area (Å²) in [5.41, 5.74) is 6.41. The molecule has 0 bridgehead atoms. The van der Waals surface area contributed by atoms with Crippen LogP contribution in [0.5, 0.6) is 5.75 Å². The molecule has 0 aromatic heterocycles. The van der Waals surface area contributed by atoms with Crippen molar-refractivity contribution in [2.45, 2.75) is 6.42 Å². The lowest BCUT2D eigenvalue weighted by Crippen LogP contribution is -2.05. The zero-order chi connectivity index (χ0) is 16.1. The molecule has 0 fully saturated rings. The van der Waals surface area contributed by atoms with Crippen molar-refractivity contribution in [2.75, 3.05) is 0 Å². The summed E-state index contributed by atoms with van der Waals surface area (Å²) < 4.78 is 0. The van der Waals surface area contributed by atoms with Gasteiger partial charge < -0.3 is 10.8 Å². The predicted molar refractivity (Wildman–Crippen MR) is 82.2 cm³/mol. The predicted octanol–water partition coefficient (Wildman–Crippen LogP) is 2.39. The van der Waals surface area contributed by atoms with E-state index in [2.05, 4.69) is 0 Å². The fourth-order valence-corrected chi connectivity index (χ4v) is 2.07. The molecule has 0 unspecified atom stereocenters. The van der Waals surface area contributed by atoms with Crippen LogP contribution in [-0.2, 0) is 11.2 Å². The molecule has 1 amide bonds. The maximum atomic E-state index is 11.0. The summed E-state index contributed by atoms with van der Waals surface area (Å²) in [7, 11) is 0. The van der Waals surface area contributed by atoms with Crippen molar-refractivity contribution in [3.05, 3.63) is 75.3 Å². The number of phenols is 1. The number of primary amides is 1. The minimum absolute atomic E-state index is 0.180. The first-order valence-electron chi connectivity index (χ1n) is 6.49. The number of phenolic OH excluding ortho intramolecular Hbond substituents is 1. The number of amides is 1. The molecule has 0 saturated carbocycles. The molecule has 0 heterocycles. The molecule has 0 atom stereocenters. The summed E-state index contributed by atoms with van der Waals surface area (Å²) in [6, 6.07) is 12.3. The van der Waals surface area contributed by atoms with Gasteiger partial charge in [0.25, 0.3) is 0 Å². The smallest absolute Gasteiger partial charge is 0.311 e. The van der Waals surface area contributed by atoms with Crippen LogP contribution in [0.25, 0.3) is 6.08 Å². The average molecular weight is 298 g/mol. The number of nitro benzene ring substituents is 1. The summed E-state index contributed by atoms with van der Waals surface area (Å²) in [5, 5.41) is 21.0. The van der Waals surface area contributed by atoms with Crippen molar-refractivity contribution in [1.82, 2.24) is 0 Å². The van der Waals surface area contributed by atoms with Crippen molar-refractivity contribution < 1.29 is 14.8 Å². The molecule has 0 saturated heterocycles. The Morgan fingerprint density at radius 3 is 2.50 bits per heavy atom. The third-order valence-electron chi connectivity index (χ3n) is 3.05. The normalized spacial score (nSPS) is 10.7. The largest absolute Gasteiger partial charge is 0.502 e. The van der Waals surface area contributed by atoms with Crippen LogP contribution in [0.2, 0.25) is 0 Å². The molecule has 0 aliphatic heterocycles. The van der Waals surface area contributed by atoms with Crippen LogP contribution in [0.1, 0.15) is 16.7 Å². The van der Waals surface area contributed by atoms with E-state index in [9.17, 15) is 20.0 Å². The second-order valence-electron chi connectivity index (χ2n) is 4.71. The zero-order valence-electron chi connectivity index (χ0n) is 11.6. The Morgan fingerprint density at radius 1 is 1.23 bits per heavy atom. The highest BCUT2D eigenvalue weighted by Crippen LogP contribution is 2.33. The molecule has 0 aliphatic carbocycles. The number of hydrogen-bond acceptors (Lipinski definition) is 4. The highest BCUT2D eigenvalue weighted by molar-refractivity contribution is 5.91. The van der Waals surface area contributed by atoms with Gasteiger partial charge in [-0.25, -0.2) is 0 Å². The third kappa shape index (κ3) is 3.69. The maximum absolute atomic E-state index is 11.0. The van der Waals surface area contributed by atoms with Gasteiger partial charge in [-0.05, 0) is 29.7 Å². The van der Waals surface area contributed by atoms with Crippen molar-refractivity contribution in [2.24, 2.45) is 5.73 Å². The number of nitrogens with two attached hydrogens (primary N) is 1. The summed E-state index contributed by atoms with van der Waals surface area (Å²) in [6.45, 7) is 0. The molecule has 2 rings (SSSR count). The molecule has 112 valence electrons. The van der Waals surface area contributed by atoms with Gasteiger partial charge in [0.2, 0.25) is 11.7 Å². The highest BCUT2D eigenvalue weighted by Gasteiger charge is 2.18. The number of carbonyl (C=O) groups is 1. The van der Waals surface area contributed by atoms with Crippen LogP contribution in [0.3, 0.4) is 0 Å². The van der Waals surface area contributed by atoms with Crippen LogP contribution in [0.4, 0.5) is 5.69 Å². The van der Waals surface area contributed by atoms with Crippen molar-refractivity contribution in [3.8, 4) is 5.75 Å². The summed E-state index contributed by atoms with van der Waals surface area (Å²) >= 11 is 0. The van der Waals surface area contributed by atoms with Gasteiger partial charge in [-0.1, -0.05) is 30.3 Å². The van der Waals surface area contributed by atoms with Crippen LogP contribution in [0.15, 0.2) is 48.5 Å². The first kappa shape index (κ1) is 15.2. The Bertz CT molecular complexity index is 739. The third-order valence-corrected chi connectivity index (χ3v) is 3.05. The minimum atomic E-state index is -0.699. The van der Waals surface area contributed by atoms with Crippen molar-refractivity contribution >= 4 is 17.7 Å². The summed E-state index contributed by atoms with van der Waals surface area (Å²) in [5.74, 6) is -1.19. The van der Waals surface area contributed by atoms with E-state index < -0.39 is 22.3 Å². The number of benzene rings is 2. The first-order valence-corrected chi connectivity index (χ1v) is 6.49. The van der Waals surface area contributed by atoms with Gasteiger partial charge in [0, 0.05) is 17.7 Å². The van der Waals surface area contributed by atoms with E-state index in [0.29, 0.717) is 12.0 Å². The maximum Gasteiger partial charge on any atom is 0.311 e. The van der Waals surface area contributed by atoms with E-state index in [0.717, 1.165) is 11.6 Å². The minimum Gasteiger partial charge on any atom is -0.502 e. The molecular formula is C16H14N2O4. The molecule has 2 aromatic rings. The Labute approximate surface area is 126 Å². The van der Waals surface area contributed by atoms with Crippen LogP contribution in [0, 0.1) is 10.1 Å². The Kier molecular flexibility index (Phi) is 4.53. The number of nitrogens with zero attached hydrogens (tertiary/aromatic N) is 1. The summed E-state index contributed by atoms with van der Waals surface area (Å²) in [6.07, 6.45) is 2.78. The average Bonchev–Trinajstić information content (AvgIpc) is 2.48. The van der Waals surface area contributed by atoms with Crippen LogP contribution in [-0.4, -0.2) is 15.9 Å². The molecule has 6 heteroatoms. The molecule has 2 aromatic carbocycles. The number of hydrogen-bond donors (Lipinski definition) is 2. The molecule has 3 N–H and O–H groups in total. The van der Waals surface area contributed by atoms with E-state index in [1.165, 1.54) is 12.1 Å². The van der Waals surface area contributed by atoms with Crippen molar-refractivity contribution in [3.63, 3.8) is 0 Å². The second kappa shape index (κ2) is 6.53. The zero-order valence-corrected chi connectivity index (χ0v) is 11.6. The second-order valence-corrected chi connectivity index (χ2v) is 4.71. The van der Waals surface area contributed by atoms with E-state index >= 15 is 0 Å². The van der Waals surface area contributed by atoms with Gasteiger partial charge in [-0.15, -0.1) is 0 Å². The molecule has 6 nitrogen and oxygen atoms in total. The lowest BCUT2D eigenvalue weighted by molar-refractivity contribution is -0.385. The van der Waals surface area contributed by atoms with E-state index in [4.69, 9.17) is 5.73 Å². The van der Waals surface area contributed by atoms with E-state index in [1.807, 2.05) is 30.3 Å². The lowest BCUT2D eigenvalue weighted by atomic mass is 10.0. The topological polar surface area (TPSA) is 106 Å². The number of aromatic hydroxyl groups is 1. The van der Waals surface area contributed by atoms with Gasteiger partial charge in [0.15, 0.2) is 0 Å². The quantitative estimate of drug-likeness (QED) is 0.502. The lowest BCUT2D eigenvalue weighted by Gasteiger charge is -2.06. The van der Waals surface area contributed by atoms with Gasteiger partial charge in [0.05, 0.1) is 4.92 Å². The fraction of sp³-hybridized carbons (Fsp3) is 0.0625. The van der Waals surface area contributed by atoms with Crippen LogP contribution < -0.4 is 5.73 Å². The van der Waals surface area contributed by atoms with Crippen LogP contribution >= 0.6 is 0 Å². The summed E-state index contributed by atoms with van der Waals surface area (Å²) in [4.78, 5) is 21.2. The molecule has 22 heavy (non-hydrogen) atoms. The SMILES string of the molecule is NC(=O)/C=C\c1cc(Cc2ccccc2)cc([N+](=O)[O-])c1O. The molecule has 0 spiro atoms. The van der Waals surface area contributed by atoms with Gasteiger partial charge in [-0.3, -0.25) is 14.9 Å². The number of rotatable bonds is 5. The Balaban J connectivity index is 2.46.